The van der Waals surface area contributed by atoms with E-state index in [-0.39, 0.29) is 5.75 Å². The van der Waals surface area contributed by atoms with Gasteiger partial charge in [0.25, 0.3) is 0 Å². The van der Waals surface area contributed by atoms with Crippen LogP contribution in [0.2, 0.25) is 0 Å². The topological polar surface area (TPSA) is 64.3 Å². The molecule has 0 saturated carbocycles. The Morgan fingerprint density at radius 1 is 0.971 bits per heavy atom. The predicted molar refractivity (Wildman–Crippen MR) is 122 cm³/mol. The van der Waals surface area contributed by atoms with Gasteiger partial charge in [-0.1, -0.05) is 54.1 Å². The lowest BCUT2D eigenvalue weighted by Gasteiger charge is -2.25. The van der Waals surface area contributed by atoms with Gasteiger partial charge in [-0.3, -0.25) is 10.1 Å². The van der Waals surface area contributed by atoms with Crippen molar-refractivity contribution in [3.05, 3.63) is 101 Å². The Balaban J connectivity index is 1.87. The van der Waals surface area contributed by atoms with Crippen molar-refractivity contribution in [2.24, 2.45) is 5.73 Å². The van der Waals surface area contributed by atoms with Crippen molar-refractivity contribution in [1.29, 1.82) is 0 Å². The average molecular weight is 492 g/mol. The first-order valence-corrected chi connectivity index (χ1v) is 10.9. The minimum Gasteiger partial charge on any atom is -0.435 e. The van der Waals surface area contributed by atoms with Crippen molar-refractivity contribution in [3.8, 4) is 5.75 Å². The lowest BCUT2D eigenvalue weighted by Crippen LogP contribution is -2.36. The van der Waals surface area contributed by atoms with Crippen LogP contribution in [-0.2, 0) is 17.4 Å². The number of primary amides is 1. The molecule has 0 radical (unpaired) electrons. The van der Waals surface area contributed by atoms with E-state index >= 15 is 0 Å². The van der Waals surface area contributed by atoms with Gasteiger partial charge in [-0.05, 0) is 60.7 Å². The Morgan fingerprint density at radius 3 is 2.20 bits per heavy atom. The van der Waals surface area contributed by atoms with E-state index in [9.17, 15) is 26.7 Å². The van der Waals surface area contributed by atoms with Gasteiger partial charge >= 0.3 is 12.8 Å². The first-order valence-electron chi connectivity index (χ1n) is 10.9. The first-order chi connectivity index (χ1) is 16.5. The fraction of sp³-hybridized carbons (Fsp3) is 0.269. The minimum absolute atomic E-state index is 0.0511. The van der Waals surface area contributed by atoms with E-state index in [1.165, 1.54) is 24.3 Å². The average Bonchev–Trinajstić information content (AvgIpc) is 2.79. The zero-order valence-corrected chi connectivity index (χ0v) is 18.9. The van der Waals surface area contributed by atoms with Crippen molar-refractivity contribution in [2.75, 3.05) is 0 Å². The number of hydrogen-bond donors (Lipinski definition) is 2. The normalized spacial score (nSPS) is 13.5. The Labute approximate surface area is 199 Å². The van der Waals surface area contributed by atoms with Crippen molar-refractivity contribution in [1.82, 2.24) is 5.32 Å². The molecule has 3 aromatic rings. The van der Waals surface area contributed by atoms with Crippen molar-refractivity contribution < 1.29 is 31.5 Å². The van der Waals surface area contributed by atoms with Gasteiger partial charge in [0.15, 0.2) is 0 Å². The molecule has 35 heavy (non-hydrogen) atoms. The number of benzene rings is 3. The fourth-order valence-corrected chi connectivity index (χ4v) is 3.73. The van der Waals surface area contributed by atoms with Crippen LogP contribution in [0.5, 0.6) is 5.75 Å². The fourth-order valence-electron chi connectivity index (χ4n) is 3.73. The summed E-state index contributed by atoms with van der Waals surface area (Å²) in [5, 5.41) is 3.19. The second-order valence-corrected chi connectivity index (χ2v) is 8.15. The summed E-state index contributed by atoms with van der Waals surface area (Å²) in [5.41, 5.74) is 7.75. The second-order valence-electron chi connectivity index (χ2n) is 8.15. The Kier molecular flexibility index (Phi) is 8.45. The van der Waals surface area contributed by atoms with Crippen LogP contribution in [0, 0.1) is 6.92 Å². The number of ether oxygens (including phenoxy) is 1. The van der Waals surface area contributed by atoms with E-state index in [4.69, 9.17) is 5.73 Å². The third-order valence-electron chi connectivity index (χ3n) is 5.55. The quantitative estimate of drug-likeness (QED) is 0.336. The lowest BCUT2D eigenvalue weighted by molar-refractivity contribution is -0.137. The number of carbonyl (C=O) groups excluding carboxylic acids is 1. The molecule has 3 N–H and O–H groups in total. The molecule has 3 aromatic carbocycles. The number of amides is 1. The zero-order valence-electron chi connectivity index (χ0n) is 18.9. The second kappa shape index (κ2) is 11.3. The van der Waals surface area contributed by atoms with Crippen LogP contribution in [-0.4, -0.2) is 12.5 Å². The molecule has 4 nitrogen and oxygen atoms in total. The number of alkyl halides is 5. The summed E-state index contributed by atoms with van der Waals surface area (Å²) in [6, 6.07) is 16.6. The summed E-state index contributed by atoms with van der Waals surface area (Å²) >= 11 is 0. The largest absolute Gasteiger partial charge is 0.435 e. The molecule has 1 amide bonds. The van der Waals surface area contributed by atoms with E-state index in [1.54, 1.807) is 24.3 Å². The van der Waals surface area contributed by atoms with Crippen LogP contribution in [0.25, 0.3) is 0 Å². The molecule has 1 unspecified atom stereocenters. The number of nitrogens with one attached hydrogen (secondary N) is 1. The molecule has 0 aliphatic heterocycles. The number of hydrogen-bond acceptors (Lipinski definition) is 3. The molecule has 0 spiro atoms. The number of rotatable bonds is 10. The number of halogens is 5. The van der Waals surface area contributed by atoms with Gasteiger partial charge in [-0.15, -0.1) is 0 Å². The standard InChI is InChI=1S/C26H25F5N2O2/c1-16-5-10-18(11-6-16)23(24(32)34)33-22(19-3-2-4-21(15-19)35-25(27)28)14-9-17-7-12-20(13-8-17)26(29,30)31/h2-8,10-13,15,22-23,25,33H,9,14H2,1H3,(H2,32,34)/t22-,23?/m0/s1. The monoisotopic (exact) mass is 492 g/mol. The summed E-state index contributed by atoms with van der Waals surface area (Å²) in [4.78, 5) is 12.3. The summed E-state index contributed by atoms with van der Waals surface area (Å²) in [7, 11) is 0. The predicted octanol–water partition coefficient (Wildman–Crippen LogP) is 6.11. The summed E-state index contributed by atoms with van der Waals surface area (Å²) in [6.07, 6.45) is -3.73. The van der Waals surface area contributed by atoms with Crippen LogP contribution < -0.4 is 15.8 Å². The van der Waals surface area contributed by atoms with Crippen LogP contribution >= 0.6 is 0 Å². The highest BCUT2D eigenvalue weighted by molar-refractivity contribution is 5.81. The first kappa shape index (κ1) is 26.2. The van der Waals surface area contributed by atoms with E-state index in [0.29, 0.717) is 29.5 Å². The van der Waals surface area contributed by atoms with E-state index in [1.807, 2.05) is 19.1 Å². The van der Waals surface area contributed by atoms with Crippen LogP contribution in [0.3, 0.4) is 0 Å². The smallest absolute Gasteiger partial charge is 0.416 e. The van der Waals surface area contributed by atoms with Gasteiger partial charge in [-0.2, -0.15) is 22.0 Å². The maximum absolute atomic E-state index is 12.9. The lowest BCUT2D eigenvalue weighted by atomic mass is 9.95. The number of aryl methyl sites for hydroxylation is 2. The van der Waals surface area contributed by atoms with E-state index < -0.39 is 36.3 Å². The van der Waals surface area contributed by atoms with Gasteiger partial charge in [0.05, 0.1) is 5.56 Å². The highest BCUT2D eigenvalue weighted by atomic mass is 19.4. The summed E-state index contributed by atoms with van der Waals surface area (Å²) in [5.74, 6) is -0.682. The maximum atomic E-state index is 12.9. The molecule has 186 valence electrons. The third-order valence-corrected chi connectivity index (χ3v) is 5.55. The minimum atomic E-state index is -4.43. The zero-order chi connectivity index (χ0) is 25.6. The van der Waals surface area contributed by atoms with Crippen molar-refractivity contribution in [2.45, 2.75) is 44.6 Å². The van der Waals surface area contributed by atoms with Crippen molar-refractivity contribution in [3.63, 3.8) is 0 Å². The number of nitrogens with two attached hydrogens (primary N) is 1. The van der Waals surface area contributed by atoms with Gasteiger partial charge in [0.1, 0.15) is 11.8 Å². The SMILES string of the molecule is Cc1ccc(C(N[C@@H](CCc2ccc(C(F)(F)F)cc2)c2cccc(OC(F)F)c2)C(N)=O)cc1. The highest BCUT2D eigenvalue weighted by Gasteiger charge is 2.30. The molecule has 2 atom stereocenters. The highest BCUT2D eigenvalue weighted by Crippen LogP contribution is 2.31. The van der Waals surface area contributed by atoms with Gasteiger partial charge in [0, 0.05) is 6.04 Å². The molecular formula is C26H25F5N2O2. The Bertz CT molecular complexity index is 1120. The molecule has 0 saturated heterocycles. The summed E-state index contributed by atoms with van der Waals surface area (Å²) in [6.45, 7) is -1.10. The Hall–Kier alpha value is -3.46. The van der Waals surface area contributed by atoms with E-state index in [2.05, 4.69) is 10.1 Å². The summed E-state index contributed by atoms with van der Waals surface area (Å²) < 4.78 is 68.6. The molecule has 9 heteroatoms. The van der Waals surface area contributed by atoms with E-state index in [0.717, 1.165) is 17.7 Å². The maximum Gasteiger partial charge on any atom is 0.416 e. The van der Waals surface area contributed by atoms with Gasteiger partial charge in [-0.25, -0.2) is 0 Å². The molecule has 0 fully saturated rings. The van der Waals surface area contributed by atoms with Gasteiger partial charge in [0.2, 0.25) is 5.91 Å². The molecule has 0 aliphatic carbocycles. The van der Waals surface area contributed by atoms with Gasteiger partial charge < -0.3 is 10.5 Å². The molecule has 0 aliphatic rings. The molecule has 0 bridgehead atoms. The molecule has 0 aromatic heterocycles. The van der Waals surface area contributed by atoms with Crippen molar-refractivity contribution >= 4 is 5.91 Å². The molecule has 0 heterocycles. The Morgan fingerprint density at radius 2 is 1.63 bits per heavy atom. The van der Waals surface area contributed by atoms with Crippen LogP contribution in [0.1, 0.15) is 46.3 Å². The number of carbonyl (C=O) groups is 1. The molecular weight excluding hydrogens is 467 g/mol. The van der Waals surface area contributed by atoms with Crippen LogP contribution in [0.4, 0.5) is 22.0 Å². The molecule has 3 rings (SSSR count). The van der Waals surface area contributed by atoms with Crippen LogP contribution in [0.15, 0.2) is 72.8 Å². The third kappa shape index (κ3) is 7.51.